The molecule has 140 valence electrons. The molecule has 0 saturated carbocycles. The number of amides is 3. The summed E-state index contributed by atoms with van der Waals surface area (Å²) in [7, 11) is 0. The molecule has 0 spiro atoms. The highest BCUT2D eigenvalue weighted by atomic mass is 16.2. The summed E-state index contributed by atoms with van der Waals surface area (Å²) in [6.07, 6.45) is 5.49. The standard InChI is InChI=1S/C18H25N5O3/c1-13(2)23-12-14(10-16(23)24)17(25)21-6-3-7-22(9-8-21)18(26)15-11-19-4-5-20-15/h4-5,11,13-14H,3,6-10,12H2,1-2H3. The third kappa shape index (κ3) is 3.84. The molecule has 3 rings (SSSR count). The van der Waals surface area contributed by atoms with Crippen molar-refractivity contribution >= 4 is 17.7 Å². The monoisotopic (exact) mass is 359 g/mol. The quantitative estimate of drug-likeness (QED) is 0.780. The SMILES string of the molecule is CC(C)N1CC(C(=O)N2CCCN(C(=O)c3cnccn3)CC2)CC1=O. The Bertz CT molecular complexity index is 679. The molecule has 26 heavy (non-hydrogen) atoms. The van der Waals surface area contributed by atoms with Crippen molar-refractivity contribution in [2.24, 2.45) is 5.92 Å². The first-order chi connectivity index (χ1) is 12.5. The summed E-state index contributed by atoms with van der Waals surface area (Å²) >= 11 is 0. The van der Waals surface area contributed by atoms with Crippen molar-refractivity contribution in [2.75, 3.05) is 32.7 Å². The van der Waals surface area contributed by atoms with Crippen molar-refractivity contribution in [1.82, 2.24) is 24.7 Å². The predicted octanol–water partition coefficient (Wildman–Crippen LogP) is 0.408. The molecule has 2 fully saturated rings. The van der Waals surface area contributed by atoms with Crippen LogP contribution in [0.1, 0.15) is 37.2 Å². The summed E-state index contributed by atoms with van der Waals surface area (Å²) < 4.78 is 0. The van der Waals surface area contributed by atoms with Gasteiger partial charge in [0.15, 0.2) is 0 Å². The first-order valence-electron chi connectivity index (χ1n) is 9.11. The Morgan fingerprint density at radius 2 is 1.85 bits per heavy atom. The van der Waals surface area contributed by atoms with Gasteiger partial charge in [0.2, 0.25) is 11.8 Å². The van der Waals surface area contributed by atoms with E-state index in [4.69, 9.17) is 0 Å². The van der Waals surface area contributed by atoms with Gasteiger partial charge in [-0.15, -0.1) is 0 Å². The summed E-state index contributed by atoms with van der Waals surface area (Å²) in [5, 5.41) is 0. The molecule has 0 N–H and O–H groups in total. The van der Waals surface area contributed by atoms with Gasteiger partial charge in [0.05, 0.1) is 12.1 Å². The lowest BCUT2D eigenvalue weighted by atomic mass is 10.1. The fraction of sp³-hybridized carbons (Fsp3) is 0.611. The molecule has 2 saturated heterocycles. The van der Waals surface area contributed by atoms with Crippen LogP contribution in [0.3, 0.4) is 0 Å². The zero-order chi connectivity index (χ0) is 18.7. The molecule has 8 nitrogen and oxygen atoms in total. The van der Waals surface area contributed by atoms with Crippen molar-refractivity contribution in [2.45, 2.75) is 32.7 Å². The van der Waals surface area contributed by atoms with Gasteiger partial charge in [0.25, 0.3) is 5.91 Å². The minimum Gasteiger partial charge on any atom is -0.341 e. The van der Waals surface area contributed by atoms with Crippen LogP contribution in [0.25, 0.3) is 0 Å². The molecule has 0 radical (unpaired) electrons. The Balaban J connectivity index is 1.59. The van der Waals surface area contributed by atoms with Crippen LogP contribution >= 0.6 is 0 Å². The van der Waals surface area contributed by atoms with Crippen LogP contribution in [0, 0.1) is 5.92 Å². The highest BCUT2D eigenvalue weighted by molar-refractivity contribution is 5.92. The molecule has 3 heterocycles. The minimum absolute atomic E-state index is 0.0234. The highest BCUT2D eigenvalue weighted by Gasteiger charge is 2.38. The molecule has 0 aromatic carbocycles. The van der Waals surface area contributed by atoms with E-state index in [2.05, 4.69) is 9.97 Å². The molecule has 1 aromatic rings. The number of carbonyl (C=O) groups is 3. The fourth-order valence-corrected chi connectivity index (χ4v) is 3.57. The molecule has 1 aromatic heterocycles. The predicted molar refractivity (Wildman–Crippen MR) is 94.1 cm³/mol. The summed E-state index contributed by atoms with van der Waals surface area (Å²) in [5.41, 5.74) is 0.321. The maximum Gasteiger partial charge on any atom is 0.274 e. The van der Waals surface area contributed by atoms with E-state index < -0.39 is 0 Å². The molecule has 8 heteroatoms. The Labute approximate surface area is 153 Å². The van der Waals surface area contributed by atoms with Gasteiger partial charge >= 0.3 is 0 Å². The third-order valence-electron chi connectivity index (χ3n) is 5.01. The van der Waals surface area contributed by atoms with Crippen LogP contribution in [0.2, 0.25) is 0 Å². The maximum atomic E-state index is 12.8. The summed E-state index contributed by atoms with van der Waals surface area (Å²) in [5.74, 6) is -0.357. The van der Waals surface area contributed by atoms with Gasteiger partial charge in [0.1, 0.15) is 5.69 Å². The van der Waals surface area contributed by atoms with Gasteiger partial charge in [-0.1, -0.05) is 0 Å². The van der Waals surface area contributed by atoms with Crippen LogP contribution < -0.4 is 0 Å². The topological polar surface area (TPSA) is 86.7 Å². The first kappa shape index (κ1) is 18.3. The Hall–Kier alpha value is -2.51. The smallest absolute Gasteiger partial charge is 0.274 e. The van der Waals surface area contributed by atoms with Crippen molar-refractivity contribution in [3.8, 4) is 0 Å². The number of likely N-dealkylation sites (tertiary alicyclic amines) is 1. The van der Waals surface area contributed by atoms with E-state index >= 15 is 0 Å². The van der Waals surface area contributed by atoms with Crippen LogP contribution in [0.4, 0.5) is 0 Å². The second-order valence-corrected chi connectivity index (χ2v) is 7.10. The number of carbonyl (C=O) groups excluding carboxylic acids is 3. The first-order valence-corrected chi connectivity index (χ1v) is 9.11. The summed E-state index contributed by atoms with van der Waals surface area (Å²) in [6, 6.07) is 0.115. The van der Waals surface area contributed by atoms with E-state index in [9.17, 15) is 14.4 Å². The van der Waals surface area contributed by atoms with E-state index in [1.165, 1.54) is 18.6 Å². The zero-order valence-electron chi connectivity index (χ0n) is 15.3. The lowest BCUT2D eigenvalue weighted by molar-refractivity contribution is -0.135. The Kier molecular flexibility index (Phi) is 5.49. The van der Waals surface area contributed by atoms with E-state index in [0.29, 0.717) is 44.8 Å². The van der Waals surface area contributed by atoms with Crippen LogP contribution in [0.5, 0.6) is 0 Å². The van der Waals surface area contributed by atoms with Crippen LogP contribution in [0.15, 0.2) is 18.6 Å². The van der Waals surface area contributed by atoms with Crippen molar-refractivity contribution in [3.05, 3.63) is 24.3 Å². The van der Waals surface area contributed by atoms with Gasteiger partial charge in [-0.05, 0) is 20.3 Å². The van der Waals surface area contributed by atoms with Gasteiger partial charge in [-0.3, -0.25) is 19.4 Å². The normalized spacial score (nSPS) is 21.3. The second kappa shape index (κ2) is 7.80. The number of hydrogen-bond donors (Lipinski definition) is 0. The number of hydrogen-bond acceptors (Lipinski definition) is 5. The molecule has 0 aliphatic carbocycles. The summed E-state index contributed by atoms with van der Waals surface area (Å²) in [6.45, 7) is 6.57. The highest BCUT2D eigenvalue weighted by Crippen LogP contribution is 2.23. The largest absolute Gasteiger partial charge is 0.341 e. The minimum atomic E-state index is -0.271. The molecule has 2 aliphatic rings. The van der Waals surface area contributed by atoms with E-state index in [-0.39, 0.29) is 36.1 Å². The molecule has 1 unspecified atom stereocenters. The Morgan fingerprint density at radius 3 is 2.50 bits per heavy atom. The average molecular weight is 359 g/mol. The fourth-order valence-electron chi connectivity index (χ4n) is 3.57. The number of rotatable bonds is 3. The third-order valence-corrected chi connectivity index (χ3v) is 5.01. The lowest BCUT2D eigenvalue weighted by Gasteiger charge is -2.25. The van der Waals surface area contributed by atoms with Gasteiger partial charge < -0.3 is 14.7 Å². The molecular formula is C18H25N5O3. The van der Waals surface area contributed by atoms with Crippen molar-refractivity contribution in [1.29, 1.82) is 0 Å². The van der Waals surface area contributed by atoms with Crippen LogP contribution in [-0.2, 0) is 9.59 Å². The maximum absolute atomic E-state index is 12.8. The van der Waals surface area contributed by atoms with Crippen LogP contribution in [-0.4, -0.2) is 81.2 Å². The zero-order valence-corrected chi connectivity index (χ0v) is 15.3. The van der Waals surface area contributed by atoms with Crippen molar-refractivity contribution in [3.63, 3.8) is 0 Å². The van der Waals surface area contributed by atoms with Gasteiger partial charge in [-0.2, -0.15) is 0 Å². The average Bonchev–Trinajstić information content (AvgIpc) is 2.88. The molecule has 1 atom stereocenters. The van der Waals surface area contributed by atoms with E-state index in [1.54, 1.807) is 14.7 Å². The van der Waals surface area contributed by atoms with Gasteiger partial charge in [0, 0.05) is 57.6 Å². The van der Waals surface area contributed by atoms with E-state index in [0.717, 1.165) is 0 Å². The van der Waals surface area contributed by atoms with Crippen molar-refractivity contribution < 1.29 is 14.4 Å². The summed E-state index contributed by atoms with van der Waals surface area (Å²) in [4.78, 5) is 50.7. The number of nitrogens with zero attached hydrogens (tertiary/aromatic N) is 5. The van der Waals surface area contributed by atoms with Gasteiger partial charge in [-0.25, -0.2) is 4.98 Å². The molecular weight excluding hydrogens is 334 g/mol. The molecule has 0 bridgehead atoms. The lowest BCUT2D eigenvalue weighted by Crippen LogP contribution is -2.41. The molecule has 3 amide bonds. The number of aromatic nitrogens is 2. The molecule has 2 aliphatic heterocycles. The Morgan fingerprint density at radius 1 is 1.12 bits per heavy atom. The second-order valence-electron chi connectivity index (χ2n) is 7.10. The van der Waals surface area contributed by atoms with E-state index in [1.807, 2.05) is 13.8 Å².